The average molecular weight is 663 g/mol. The van der Waals surface area contributed by atoms with Crippen LogP contribution in [0.2, 0.25) is 0 Å². The SMILES string of the molecule is Cc1ccc(C(C)C)c(N2C(=O)CSC2=NC(=O)NC(C)CC=Cc2ccc(-c3ncn(-c4ccc(OC(F)(F)F)cc4)n3)cc2)c1. The maximum absolute atomic E-state index is 12.8. The monoisotopic (exact) mass is 662 g/mol. The summed E-state index contributed by atoms with van der Waals surface area (Å²) < 4.78 is 42.6. The molecule has 0 saturated carbocycles. The third-order valence-electron chi connectivity index (χ3n) is 7.18. The molecule has 13 heteroatoms. The first-order chi connectivity index (χ1) is 22.4. The van der Waals surface area contributed by atoms with Crippen molar-refractivity contribution in [3.8, 4) is 22.8 Å². The number of halogens is 3. The van der Waals surface area contributed by atoms with E-state index in [1.54, 1.807) is 4.90 Å². The summed E-state index contributed by atoms with van der Waals surface area (Å²) in [7, 11) is 0. The van der Waals surface area contributed by atoms with Gasteiger partial charge in [-0.1, -0.05) is 74.2 Å². The Balaban J connectivity index is 1.16. The lowest BCUT2D eigenvalue weighted by atomic mass is 9.99. The highest BCUT2D eigenvalue weighted by Gasteiger charge is 2.33. The minimum atomic E-state index is -4.76. The smallest absolute Gasteiger partial charge is 0.406 e. The fourth-order valence-corrected chi connectivity index (χ4v) is 5.74. The van der Waals surface area contributed by atoms with E-state index in [0.717, 1.165) is 27.9 Å². The first-order valence-electron chi connectivity index (χ1n) is 14.9. The van der Waals surface area contributed by atoms with E-state index in [1.807, 2.05) is 68.5 Å². The maximum atomic E-state index is 12.8. The second-order valence-corrected chi connectivity index (χ2v) is 12.2. The Morgan fingerprint density at radius 3 is 2.49 bits per heavy atom. The van der Waals surface area contributed by atoms with Crippen molar-refractivity contribution in [2.45, 2.75) is 52.4 Å². The Bertz CT molecular complexity index is 1800. The highest BCUT2D eigenvalue weighted by Crippen LogP contribution is 2.34. The molecule has 47 heavy (non-hydrogen) atoms. The average Bonchev–Trinajstić information content (AvgIpc) is 3.64. The van der Waals surface area contributed by atoms with Crippen LogP contribution < -0.4 is 15.0 Å². The van der Waals surface area contributed by atoms with Crippen LogP contribution in [0, 0.1) is 6.92 Å². The number of anilines is 1. The molecule has 0 radical (unpaired) electrons. The molecule has 1 fully saturated rings. The number of ether oxygens (including phenoxy) is 1. The number of carbonyl (C=O) groups excluding carboxylic acids is 2. The third-order valence-corrected chi connectivity index (χ3v) is 8.10. The van der Waals surface area contributed by atoms with Crippen molar-refractivity contribution in [2.24, 2.45) is 4.99 Å². The van der Waals surface area contributed by atoms with Gasteiger partial charge in [-0.3, -0.25) is 9.69 Å². The van der Waals surface area contributed by atoms with E-state index < -0.39 is 12.4 Å². The minimum Gasteiger partial charge on any atom is -0.406 e. The Kier molecular flexibility index (Phi) is 10.1. The number of nitrogens with zero attached hydrogens (tertiary/aromatic N) is 5. The van der Waals surface area contributed by atoms with Gasteiger partial charge in [-0.2, -0.15) is 4.99 Å². The molecule has 9 nitrogen and oxygen atoms in total. The van der Waals surface area contributed by atoms with Gasteiger partial charge in [-0.15, -0.1) is 18.3 Å². The van der Waals surface area contributed by atoms with Gasteiger partial charge in [0.2, 0.25) is 5.91 Å². The number of aliphatic imine (C=N–C) groups is 1. The van der Waals surface area contributed by atoms with E-state index in [1.165, 1.54) is 47.0 Å². The quantitative estimate of drug-likeness (QED) is 0.196. The van der Waals surface area contributed by atoms with Crippen molar-refractivity contribution in [1.29, 1.82) is 0 Å². The molecule has 0 bridgehead atoms. The number of aryl methyl sites for hydroxylation is 1. The van der Waals surface area contributed by atoms with Crippen LogP contribution in [0.5, 0.6) is 5.75 Å². The normalized spacial score (nSPS) is 15.2. The molecule has 1 aliphatic rings. The van der Waals surface area contributed by atoms with Crippen molar-refractivity contribution in [3.05, 3.63) is 95.8 Å². The second-order valence-electron chi connectivity index (χ2n) is 11.3. The number of hydrogen-bond acceptors (Lipinski definition) is 6. The minimum absolute atomic E-state index is 0.103. The zero-order valence-corrected chi connectivity index (χ0v) is 27.0. The van der Waals surface area contributed by atoms with E-state index in [0.29, 0.717) is 23.1 Å². The lowest BCUT2D eigenvalue weighted by molar-refractivity contribution is -0.274. The number of benzene rings is 3. The highest BCUT2D eigenvalue weighted by atomic mass is 32.2. The number of amidine groups is 1. The van der Waals surface area contributed by atoms with Gasteiger partial charge in [0.15, 0.2) is 11.0 Å². The number of aromatic nitrogens is 3. The predicted octanol–water partition coefficient (Wildman–Crippen LogP) is 7.90. The van der Waals surface area contributed by atoms with Gasteiger partial charge in [0.05, 0.1) is 17.1 Å². The number of urea groups is 1. The van der Waals surface area contributed by atoms with Crippen LogP contribution in [0.1, 0.15) is 49.8 Å². The van der Waals surface area contributed by atoms with Crippen LogP contribution >= 0.6 is 11.8 Å². The van der Waals surface area contributed by atoms with Crippen LogP contribution in [0.4, 0.5) is 23.7 Å². The molecule has 3 aromatic carbocycles. The van der Waals surface area contributed by atoms with E-state index in [2.05, 4.69) is 39.0 Å². The molecule has 1 aliphatic heterocycles. The van der Waals surface area contributed by atoms with E-state index >= 15 is 0 Å². The van der Waals surface area contributed by atoms with Crippen molar-refractivity contribution in [3.63, 3.8) is 0 Å². The van der Waals surface area contributed by atoms with Crippen LogP contribution in [0.15, 0.2) is 84.1 Å². The molecule has 0 aliphatic carbocycles. The molecule has 1 N–H and O–H groups in total. The summed E-state index contributed by atoms with van der Waals surface area (Å²) in [6.07, 6.45) is 1.17. The maximum Gasteiger partial charge on any atom is 0.573 e. The number of amides is 3. The highest BCUT2D eigenvalue weighted by molar-refractivity contribution is 8.15. The summed E-state index contributed by atoms with van der Waals surface area (Å²) in [6.45, 7) is 7.98. The Hall–Kier alpha value is -4.91. The number of rotatable bonds is 9. The van der Waals surface area contributed by atoms with Gasteiger partial charge >= 0.3 is 12.4 Å². The summed E-state index contributed by atoms with van der Waals surface area (Å²) in [6, 6.07) is 18.2. The van der Waals surface area contributed by atoms with Crippen LogP contribution in [0.25, 0.3) is 23.2 Å². The topological polar surface area (TPSA) is 102 Å². The molecule has 1 atom stereocenters. The van der Waals surface area contributed by atoms with Crippen molar-refractivity contribution in [2.75, 3.05) is 10.7 Å². The zero-order chi connectivity index (χ0) is 33.7. The summed E-state index contributed by atoms with van der Waals surface area (Å²) in [4.78, 5) is 35.7. The van der Waals surface area contributed by atoms with Gasteiger partial charge in [0, 0.05) is 11.6 Å². The van der Waals surface area contributed by atoms with Crippen LogP contribution in [-0.4, -0.2) is 50.0 Å². The fourth-order valence-electron chi connectivity index (χ4n) is 4.88. The van der Waals surface area contributed by atoms with Crippen molar-refractivity contribution < 1.29 is 27.5 Å². The van der Waals surface area contributed by atoms with E-state index in [9.17, 15) is 22.8 Å². The first kappa shape index (κ1) is 33.5. The standard InChI is InChI=1S/C34H33F3N6O3S/c1-21(2)28-17-8-22(3)18-29(28)43-30(44)19-47-33(43)40-32(45)39-23(4)6-5-7-24-9-11-25(12-10-24)31-38-20-42(41-31)26-13-15-27(16-14-26)46-34(35,36)37/h5,7-18,20-21,23H,6,19H2,1-4H3,(H,39,45). The Morgan fingerprint density at radius 2 is 1.81 bits per heavy atom. The van der Waals surface area contributed by atoms with Crippen LogP contribution in [0.3, 0.4) is 0 Å². The number of thioether (sulfide) groups is 1. The molecule has 5 rings (SSSR count). The van der Waals surface area contributed by atoms with Gasteiger partial charge < -0.3 is 10.1 Å². The van der Waals surface area contributed by atoms with Crippen molar-refractivity contribution >= 4 is 40.6 Å². The summed E-state index contributed by atoms with van der Waals surface area (Å²) in [5.41, 5.74) is 5.03. The lowest BCUT2D eigenvalue weighted by Crippen LogP contribution is -2.34. The molecule has 3 amide bonds. The molecule has 2 heterocycles. The molecule has 1 saturated heterocycles. The van der Waals surface area contributed by atoms with Gasteiger partial charge in [0.1, 0.15) is 12.1 Å². The second kappa shape index (κ2) is 14.2. The zero-order valence-electron chi connectivity index (χ0n) is 26.2. The first-order valence-corrected chi connectivity index (χ1v) is 15.8. The van der Waals surface area contributed by atoms with Gasteiger partial charge in [-0.25, -0.2) is 14.5 Å². The number of alkyl halides is 3. The van der Waals surface area contributed by atoms with Crippen molar-refractivity contribution in [1.82, 2.24) is 20.1 Å². The van der Waals surface area contributed by atoms with Gasteiger partial charge in [-0.05, 0) is 73.2 Å². The molecule has 4 aromatic rings. The summed E-state index contributed by atoms with van der Waals surface area (Å²) in [5, 5.41) is 7.68. The van der Waals surface area contributed by atoms with Gasteiger partial charge in [0.25, 0.3) is 0 Å². The molecule has 1 unspecified atom stereocenters. The van der Waals surface area contributed by atoms with E-state index in [4.69, 9.17) is 0 Å². The Labute approximate surface area is 274 Å². The number of carbonyl (C=O) groups is 2. The molecular weight excluding hydrogens is 629 g/mol. The molecular formula is C34H33F3N6O3S. The summed E-state index contributed by atoms with van der Waals surface area (Å²) >= 11 is 1.25. The van der Waals surface area contributed by atoms with E-state index in [-0.39, 0.29) is 29.4 Å². The third kappa shape index (κ3) is 8.67. The molecule has 1 aromatic heterocycles. The van der Waals surface area contributed by atoms with Crippen LogP contribution in [-0.2, 0) is 4.79 Å². The molecule has 0 spiro atoms. The summed E-state index contributed by atoms with van der Waals surface area (Å²) in [5.74, 6) is 0.458. The number of nitrogens with one attached hydrogen (secondary N) is 1. The predicted molar refractivity (Wildman–Crippen MR) is 178 cm³/mol. The Morgan fingerprint density at radius 1 is 1.09 bits per heavy atom. The largest absolute Gasteiger partial charge is 0.573 e. The lowest BCUT2D eigenvalue weighted by Gasteiger charge is -2.22. The number of hydrogen-bond donors (Lipinski definition) is 1. The molecule has 244 valence electrons. The fraction of sp³-hybridized carbons (Fsp3) is 0.265.